The molecule has 0 unspecified atom stereocenters. The van der Waals surface area contributed by atoms with Crippen LogP contribution in [-0.2, 0) is 22.9 Å². The molecule has 2 aliphatic rings. The molecule has 2 saturated heterocycles. The monoisotopic (exact) mass is 234 g/mol. The first-order valence-electron chi connectivity index (χ1n) is 2.83. The minimum atomic E-state index is -1.73. The van der Waals surface area contributed by atoms with Crippen molar-refractivity contribution in [2.45, 2.75) is 0 Å². The van der Waals surface area contributed by atoms with Crippen molar-refractivity contribution in [3.05, 3.63) is 0 Å². The van der Waals surface area contributed by atoms with Crippen LogP contribution in [-0.4, -0.2) is 29.3 Å². The Balaban J connectivity index is 0.000000720. The van der Waals surface area contributed by atoms with E-state index in [1.54, 1.807) is 0 Å². The Morgan fingerprint density at radius 1 is 0.615 bits per heavy atom. The first-order chi connectivity index (χ1) is 5.24. The number of rotatable bonds is 0. The summed E-state index contributed by atoms with van der Waals surface area (Å²) in [6.07, 6.45) is 0. The predicted octanol–water partition coefficient (Wildman–Crippen LogP) is -10.2. The average Bonchev–Trinajstić information content (AvgIpc) is 1.82. The largest absolute Gasteiger partial charge is 1.00 e. The normalized spacial score (nSPS) is 20.8. The van der Waals surface area contributed by atoms with Crippen LogP contribution in [0.25, 0.3) is 0 Å². The van der Waals surface area contributed by atoms with Gasteiger partial charge in [-0.15, -0.1) is 0 Å². The van der Waals surface area contributed by atoms with Crippen molar-refractivity contribution in [1.29, 1.82) is 0 Å². The maximum Gasteiger partial charge on any atom is 1.00 e. The van der Waals surface area contributed by atoms with Crippen LogP contribution in [0.1, 0.15) is 0 Å². The molecule has 0 aromatic heterocycles. The van der Waals surface area contributed by atoms with Crippen molar-refractivity contribution in [3.8, 4) is 0 Å². The first kappa shape index (κ1) is 16.3. The van der Waals surface area contributed by atoms with Crippen LogP contribution < -0.4 is 113 Å². The molecule has 2 heterocycles. The molecule has 56 valence electrons. The van der Waals surface area contributed by atoms with Crippen LogP contribution in [0.2, 0.25) is 0 Å². The zero-order chi connectivity index (χ0) is 7.84. The van der Waals surface area contributed by atoms with Crippen molar-refractivity contribution >= 4 is 29.3 Å². The Hall–Kier alpha value is 3.25. The molecule has 2 aliphatic heterocycles. The van der Waals surface area contributed by atoms with Gasteiger partial charge < -0.3 is 32.9 Å². The standard InChI is InChI=1S/B4O7.2K/c5-1-7-3-9-2(6)10-4(8-1)11-3;;/q-2;2*+1. The molecule has 0 N–H and O–H groups in total. The smallest absolute Gasteiger partial charge is 0.833 e. The predicted molar refractivity (Wildman–Crippen MR) is 28.4 cm³/mol. The van der Waals surface area contributed by atoms with Gasteiger partial charge in [-0.25, -0.2) is 0 Å². The van der Waals surface area contributed by atoms with Gasteiger partial charge in [-0.1, -0.05) is 0 Å². The molecule has 13 heavy (non-hydrogen) atoms. The van der Waals surface area contributed by atoms with E-state index in [4.69, 9.17) is 0 Å². The number of hydrogen-bond donors (Lipinski definition) is 0. The second-order valence-electron chi connectivity index (χ2n) is 1.84. The third kappa shape index (κ3) is 4.95. The first-order valence-corrected chi connectivity index (χ1v) is 2.83. The molecule has 0 aliphatic carbocycles. The molecule has 0 saturated carbocycles. The third-order valence-electron chi connectivity index (χ3n) is 1.11. The van der Waals surface area contributed by atoms with E-state index in [1.807, 2.05) is 0 Å². The average molecular weight is 233 g/mol. The van der Waals surface area contributed by atoms with E-state index in [0.29, 0.717) is 0 Å². The molecule has 0 radical (unpaired) electrons. The minimum Gasteiger partial charge on any atom is -0.833 e. The van der Waals surface area contributed by atoms with Crippen molar-refractivity contribution in [2.75, 3.05) is 0 Å². The molecule has 2 bridgehead atoms. The van der Waals surface area contributed by atoms with Gasteiger partial charge >= 0.3 is 132 Å². The fraction of sp³-hybridized carbons (Fsp3) is 0. The van der Waals surface area contributed by atoms with Gasteiger partial charge in [-0.05, 0) is 0 Å². The van der Waals surface area contributed by atoms with Crippen molar-refractivity contribution in [2.24, 2.45) is 0 Å². The second-order valence-corrected chi connectivity index (χ2v) is 1.84. The van der Waals surface area contributed by atoms with E-state index >= 15 is 0 Å². The van der Waals surface area contributed by atoms with E-state index in [-0.39, 0.29) is 103 Å². The quantitative estimate of drug-likeness (QED) is 0.384. The molecular weight excluding hydrogens is 233 g/mol. The zero-order valence-corrected chi connectivity index (χ0v) is 13.4. The Kier molecular flexibility index (Phi) is 9.44. The molecule has 0 aromatic carbocycles. The van der Waals surface area contributed by atoms with Crippen LogP contribution in [0.15, 0.2) is 0 Å². The van der Waals surface area contributed by atoms with E-state index in [0.717, 1.165) is 0 Å². The molecule has 13 heteroatoms. The third-order valence-corrected chi connectivity index (χ3v) is 1.11. The molecule has 2 fully saturated rings. The van der Waals surface area contributed by atoms with Crippen LogP contribution in [0.3, 0.4) is 0 Å². The van der Waals surface area contributed by atoms with E-state index in [2.05, 4.69) is 22.9 Å². The Morgan fingerprint density at radius 2 is 0.923 bits per heavy atom. The van der Waals surface area contributed by atoms with Gasteiger partial charge in [-0.2, -0.15) is 0 Å². The second kappa shape index (κ2) is 7.55. The minimum absolute atomic E-state index is 0. The fourth-order valence-electron chi connectivity index (χ4n) is 0.710. The Morgan fingerprint density at radius 3 is 1.23 bits per heavy atom. The summed E-state index contributed by atoms with van der Waals surface area (Å²) in [5.74, 6) is 0. The van der Waals surface area contributed by atoms with E-state index in [1.165, 1.54) is 0 Å². The molecule has 0 spiro atoms. The van der Waals surface area contributed by atoms with Crippen molar-refractivity contribution in [3.63, 3.8) is 0 Å². The number of fused-ring (bicyclic) bond motifs is 2. The molecule has 0 atom stereocenters. The Bertz CT molecular complexity index is 124. The summed E-state index contributed by atoms with van der Waals surface area (Å²) in [5.41, 5.74) is 0. The summed E-state index contributed by atoms with van der Waals surface area (Å²) in [4.78, 5) is 0. The summed E-state index contributed by atoms with van der Waals surface area (Å²) >= 11 is 0. The molecule has 7 nitrogen and oxygen atoms in total. The summed E-state index contributed by atoms with van der Waals surface area (Å²) in [5, 5.41) is 21.0. The van der Waals surface area contributed by atoms with Crippen LogP contribution >= 0.6 is 0 Å². The van der Waals surface area contributed by atoms with Gasteiger partial charge in [-0.3, -0.25) is 0 Å². The van der Waals surface area contributed by atoms with Gasteiger partial charge in [0.1, 0.15) is 0 Å². The summed E-state index contributed by atoms with van der Waals surface area (Å²) < 4.78 is 21.9. The molecular formula is B4K2O7. The maximum atomic E-state index is 10.5. The van der Waals surface area contributed by atoms with Gasteiger partial charge in [0.25, 0.3) is 0 Å². The molecule has 0 amide bonds. The molecule has 2 rings (SSSR count). The van der Waals surface area contributed by atoms with Gasteiger partial charge in [0.2, 0.25) is 0 Å². The van der Waals surface area contributed by atoms with Crippen LogP contribution in [0.4, 0.5) is 0 Å². The van der Waals surface area contributed by atoms with E-state index in [9.17, 15) is 10.0 Å². The summed E-state index contributed by atoms with van der Waals surface area (Å²) in [6.45, 7) is 0. The number of hydrogen-bond acceptors (Lipinski definition) is 7. The maximum absolute atomic E-state index is 10.5. The zero-order valence-electron chi connectivity index (χ0n) is 7.17. The van der Waals surface area contributed by atoms with E-state index < -0.39 is 29.3 Å². The topological polar surface area (TPSA) is 92.3 Å². The van der Waals surface area contributed by atoms with Crippen molar-refractivity contribution in [1.82, 2.24) is 0 Å². The van der Waals surface area contributed by atoms with Crippen LogP contribution in [0.5, 0.6) is 0 Å². The SMILES string of the molecule is [K+].[K+].[O-]B1OB2OB([O-])OB(O1)O2. The van der Waals surface area contributed by atoms with Gasteiger partial charge in [0.15, 0.2) is 0 Å². The van der Waals surface area contributed by atoms with Gasteiger partial charge in [0, 0.05) is 0 Å². The van der Waals surface area contributed by atoms with Gasteiger partial charge in [0.05, 0.1) is 0 Å². The van der Waals surface area contributed by atoms with Crippen molar-refractivity contribution < 1.29 is 136 Å². The summed E-state index contributed by atoms with van der Waals surface area (Å²) in [7, 11) is -6.00. The Labute approximate surface area is 161 Å². The molecule has 0 aromatic rings. The van der Waals surface area contributed by atoms with Crippen LogP contribution in [0, 0.1) is 0 Å². The fourth-order valence-corrected chi connectivity index (χ4v) is 0.710. The summed E-state index contributed by atoms with van der Waals surface area (Å²) in [6, 6.07) is 0.